The Balaban J connectivity index is 2.41. The highest BCUT2D eigenvalue weighted by atomic mass is 32.2. The van der Waals surface area contributed by atoms with Crippen LogP contribution in [-0.2, 0) is 10.0 Å². The first kappa shape index (κ1) is 16.7. The summed E-state index contributed by atoms with van der Waals surface area (Å²) < 4.78 is 32.6. The van der Waals surface area contributed by atoms with Crippen molar-refractivity contribution >= 4 is 21.0 Å². The molecule has 6 nitrogen and oxygen atoms in total. The summed E-state index contributed by atoms with van der Waals surface area (Å²) >= 11 is 0. The molecule has 22 heavy (non-hydrogen) atoms. The van der Waals surface area contributed by atoms with Gasteiger partial charge in [-0.15, -0.1) is 0 Å². The predicted octanol–water partition coefficient (Wildman–Crippen LogP) is 1.44. The van der Waals surface area contributed by atoms with Crippen LogP contribution in [0.4, 0.5) is 0 Å². The lowest BCUT2D eigenvalue weighted by Crippen LogP contribution is -2.48. The fourth-order valence-corrected chi connectivity index (χ4v) is 3.54. The minimum absolute atomic E-state index is 0.108. The number of benzene rings is 1. The summed E-state index contributed by atoms with van der Waals surface area (Å²) in [5, 5.41) is 0.544. The van der Waals surface area contributed by atoms with Crippen LogP contribution in [0.5, 0.6) is 0 Å². The molecule has 0 amide bonds. The maximum atomic E-state index is 12.5. The highest BCUT2D eigenvalue weighted by Crippen LogP contribution is 2.22. The zero-order valence-corrected chi connectivity index (χ0v) is 13.6. The predicted molar refractivity (Wildman–Crippen MR) is 85.1 cm³/mol. The van der Waals surface area contributed by atoms with E-state index in [2.05, 4.69) is 4.72 Å². The van der Waals surface area contributed by atoms with Gasteiger partial charge in [0.15, 0.2) is 0 Å². The van der Waals surface area contributed by atoms with E-state index >= 15 is 0 Å². The molecule has 2 rings (SSSR count). The molecule has 0 fully saturated rings. The van der Waals surface area contributed by atoms with Crippen LogP contribution in [0, 0.1) is 5.41 Å². The summed E-state index contributed by atoms with van der Waals surface area (Å²) in [5.41, 5.74) is 5.24. The highest BCUT2D eigenvalue weighted by molar-refractivity contribution is 7.89. The largest absolute Gasteiger partial charge is 0.423 e. The van der Waals surface area contributed by atoms with Crippen LogP contribution in [-0.4, -0.2) is 21.0 Å². The molecular weight excluding hydrogens is 304 g/mol. The van der Waals surface area contributed by atoms with E-state index in [9.17, 15) is 13.2 Å². The van der Waals surface area contributed by atoms with Gasteiger partial charge in [0.25, 0.3) is 0 Å². The molecular formula is C15H20N2O4S. The molecule has 7 heteroatoms. The van der Waals surface area contributed by atoms with Crippen molar-refractivity contribution in [3.05, 3.63) is 40.8 Å². The Hall–Kier alpha value is -1.70. The van der Waals surface area contributed by atoms with Crippen molar-refractivity contribution in [2.45, 2.75) is 31.7 Å². The lowest BCUT2D eigenvalue weighted by Gasteiger charge is -2.30. The Morgan fingerprint density at radius 2 is 1.91 bits per heavy atom. The second-order valence-corrected chi connectivity index (χ2v) is 7.94. The van der Waals surface area contributed by atoms with E-state index in [-0.39, 0.29) is 22.9 Å². The third-order valence-corrected chi connectivity index (χ3v) is 4.95. The fourth-order valence-electron chi connectivity index (χ4n) is 2.05. The van der Waals surface area contributed by atoms with Gasteiger partial charge >= 0.3 is 5.63 Å². The lowest BCUT2D eigenvalue weighted by atomic mass is 9.88. The van der Waals surface area contributed by atoms with E-state index in [0.29, 0.717) is 11.0 Å². The zero-order chi connectivity index (χ0) is 16.5. The number of sulfonamides is 1. The Bertz CT molecular complexity index is 834. The number of nitrogens with one attached hydrogen (secondary N) is 1. The van der Waals surface area contributed by atoms with Crippen LogP contribution in [0.1, 0.15) is 20.8 Å². The van der Waals surface area contributed by atoms with Crippen molar-refractivity contribution in [1.82, 2.24) is 4.72 Å². The summed E-state index contributed by atoms with van der Waals surface area (Å²) in [6.45, 7) is 5.96. The van der Waals surface area contributed by atoms with E-state index in [1.54, 1.807) is 0 Å². The Labute approximate surface area is 129 Å². The minimum atomic E-state index is -3.71. The van der Waals surface area contributed by atoms with Gasteiger partial charge in [0, 0.05) is 24.0 Å². The van der Waals surface area contributed by atoms with Crippen LogP contribution in [0.2, 0.25) is 0 Å². The monoisotopic (exact) mass is 324 g/mol. The third-order valence-electron chi connectivity index (χ3n) is 3.48. The molecule has 3 N–H and O–H groups in total. The molecule has 0 bridgehead atoms. The average Bonchev–Trinajstić information content (AvgIpc) is 2.42. The standard InChI is InChI=1S/C15H20N2O4S/c1-15(2,3)13(9-16)17-22(19,20)11-5-6-12-10(8-11)4-7-14(18)21-12/h4-8,13,17H,9,16H2,1-3H3. The second kappa shape index (κ2) is 5.83. The molecule has 2 aromatic rings. The molecule has 1 unspecified atom stereocenters. The summed E-state index contributed by atoms with van der Waals surface area (Å²) in [6.07, 6.45) is 0. The quantitative estimate of drug-likeness (QED) is 0.829. The Morgan fingerprint density at radius 1 is 1.23 bits per heavy atom. The second-order valence-electron chi connectivity index (χ2n) is 6.23. The molecule has 1 heterocycles. The van der Waals surface area contributed by atoms with Crippen molar-refractivity contribution in [2.75, 3.05) is 6.54 Å². The Kier molecular flexibility index (Phi) is 4.42. The van der Waals surface area contributed by atoms with Gasteiger partial charge in [-0.1, -0.05) is 20.8 Å². The van der Waals surface area contributed by atoms with Crippen LogP contribution in [0.15, 0.2) is 44.4 Å². The van der Waals surface area contributed by atoms with Crippen LogP contribution < -0.4 is 16.1 Å². The van der Waals surface area contributed by atoms with E-state index in [4.69, 9.17) is 10.2 Å². The van der Waals surface area contributed by atoms with Gasteiger partial charge in [0.05, 0.1) is 4.90 Å². The van der Waals surface area contributed by atoms with Crippen LogP contribution in [0.3, 0.4) is 0 Å². The lowest BCUT2D eigenvalue weighted by molar-refractivity contribution is 0.304. The maximum Gasteiger partial charge on any atom is 0.336 e. The molecule has 0 aliphatic rings. The number of nitrogens with two attached hydrogens (primary N) is 1. The summed E-state index contributed by atoms with van der Waals surface area (Å²) in [6, 6.07) is 6.75. The summed E-state index contributed by atoms with van der Waals surface area (Å²) in [7, 11) is -3.71. The van der Waals surface area contributed by atoms with Crippen LogP contribution >= 0.6 is 0 Å². The molecule has 0 radical (unpaired) electrons. The number of rotatable bonds is 4. The molecule has 1 atom stereocenters. The van der Waals surface area contributed by atoms with Gasteiger partial charge < -0.3 is 10.2 Å². The molecule has 0 aliphatic heterocycles. The van der Waals surface area contributed by atoms with E-state index in [1.807, 2.05) is 20.8 Å². The summed E-state index contributed by atoms with van der Waals surface area (Å²) in [4.78, 5) is 11.3. The zero-order valence-electron chi connectivity index (χ0n) is 12.8. The average molecular weight is 324 g/mol. The molecule has 1 aromatic heterocycles. The van der Waals surface area contributed by atoms with Crippen molar-refractivity contribution in [1.29, 1.82) is 0 Å². The van der Waals surface area contributed by atoms with Gasteiger partial charge in [-0.2, -0.15) is 0 Å². The normalized spacial score (nSPS) is 14.2. The molecule has 120 valence electrons. The molecule has 0 aliphatic carbocycles. The minimum Gasteiger partial charge on any atom is -0.423 e. The van der Waals surface area contributed by atoms with Crippen molar-refractivity contribution in [3.8, 4) is 0 Å². The summed E-state index contributed by atoms with van der Waals surface area (Å²) in [5.74, 6) is 0. The maximum absolute atomic E-state index is 12.5. The molecule has 0 spiro atoms. The smallest absolute Gasteiger partial charge is 0.336 e. The van der Waals surface area contributed by atoms with E-state index < -0.39 is 15.6 Å². The first-order valence-corrected chi connectivity index (χ1v) is 8.38. The third kappa shape index (κ3) is 3.55. The highest BCUT2D eigenvalue weighted by Gasteiger charge is 2.28. The Morgan fingerprint density at radius 3 is 2.50 bits per heavy atom. The molecule has 1 aromatic carbocycles. The van der Waals surface area contributed by atoms with Crippen molar-refractivity contribution < 1.29 is 12.8 Å². The van der Waals surface area contributed by atoms with E-state index in [0.717, 1.165) is 0 Å². The topological polar surface area (TPSA) is 102 Å². The first-order chi connectivity index (χ1) is 10.1. The van der Waals surface area contributed by atoms with E-state index in [1.165, 1.54) is 30.3 Å². The number of hydrogen-bond donors (Lipinski definition) is 2. The van der Waals surface area contributed by atoms with Gasteiger partial charge in [-0.05, 0) is 29.7 Å². The van der Waals surface area contributed by atoms with Gasteiger partial charge in [-0.3, -0.25) is 0 Å². The van der Waals surface area contributed by atoms with Gasteiger partial charge in [0.1, 0.15) is 5.58 Å². The fraction of sp³-hybridized carbons (Fsp3) is 0.400. The van der Waals surface area contributed by atoms with Crippen molar-refractivity contribution in [3.63, 3.8) is 0 Å². The molecule has 0 saturated carbocycles. The van der Waals surface area contributed by atoms with Gasteiger partial charge in [0.2, 0.25) is 10.0 Å². The van der Waals surface area contributed by atoms with Gasteiger partial charge in [-0.25, -0.2) is 17.9 Å². The SMILES string of the molecule is CC(C)(C)C(CN)NS(=O)(=O)c1ccc2oc(=O)ccc2c1. The molecule has 0 saturated heterocycles. The number of fused-ring (bicyclic) bond motifs is 1. The van der Waals surface area contributed by atoms with Crippen molar-refractivity contribution in [2.24, 2.45) is 11.1 Å². The first-order valence-electron chi connectivity index (χ1n) is 6.90. The van der Waals surface area contributed by atoms with Crippen LogP contribution in [0.25, 0.3) is 11.0 Å². The number of hydrogen-bond acceptors (Lipinski definition) is 5.